The molecule has 29 heavy (non-hydrogen) atoms. The number of aliphatic hydroxyl groups is 1. The lowest BCUT2D eigenvalue weighted by molar-refractivity contribution is -0.536. The summed E-state index contributed by atoms with van der Waals surface area (Å²) in [6.45, 7) is 5.30. The van der Waals surface area contributed by atoms with E-state index < -0.39 is 5.79 Å². The summed E-state index contributed by atoms with van der Waals surface area (Å²) >= 11 is 0. The first-order valence-electron chi connectivity index (χ1n) is 12.2. The minimum atomic E-state index is -0.458. The summed E-state index contributed by atoms with van der Waals surface area (Å²) in [7, 11) is 0. The van der Waals surface area contributed by atoms with Gasteiger partial charge in [0.1, 0.15) is 0 Å². The van der Waals surface area contributed by atoms with E-state index in [2.05, 4.69) is 6.92 Å². The Bertz CT molecular complexity index is 801. The van der Waals surface area contributed by atoms with E-state index in [0.29, 0.717) is 30.0 Å². The fraction of sp³-hybridized carbons (Fsp3) is 1.00. The topological polar surface area (TPSA) is 57.2 Å². The summed E-state index contributed by atoms with van der Waals surface area (Å²) in [6, 6.07) is 0. The van der Waals surface area contributed by atoms with Gasteiger partial charge >= 0.3 is 0 Å². The second-order valence-electron chi connectivity index (χ2n) is 12.1. The summed E-state index contributed by atoms with van der Waals surface area (Å²) in [5, 5.41) is 11.9. The van der Waals surface area contributed by atoms with Crippen LogP contribution in [0.15, 0.2) is 0 Å². The van der Waals surface area contributed by atoms with Crippen LogP contribution in [0, 0.1) is 33.0 Å². The van der Waals surface area contributed by atoms with E-state index in [1.54, 1.807) is 0 Å². The first-order valence-corrected chi connectivity index (χ1v) is 12.2. The molecule has 0 bridgehead atoms. The third-order valence-electron chi connectivity index (χ3n) is 12.6. The molecule has 0 aromatic rings. The molecule has 6 aliphatic carbocycles. The molecule has 2 heterocycles. The fourth-order valence-corrected chi connectivity index (χ4v) is 12.1. The van der Waals surface area contributed by atoms with E-state index in [1.165, 1.54) is 38.5 Å². The second kappa shape index (κ2) is 4.61. The number of hydrogen-bond acceptors (Lipinski definition) is 5. The van der Waals surface area contributed by atoms with Crippen LogP contribution in [0.5, 0.6) is 0 Å². The predicted molar refractivity (Wildman–Crippen MR) is 103 cm³/mol. The molecule has 5 nitrogen and oxygen atoms in total. The van der Waals surface area contributed by atoms with Gasteiger partial charge in [-0.3, -0.25) is 0 Å². The Kier molecular flexibility index (Phi) is 2.76. The number of rotatable bonds is 0. The Morgan fingerprint density at radius 3 is 2.03 bits per heavy atom. The van der Waals surface area contributed by atoms with Gasteiger partial charge in [-0.05, 0) is 67.1 Å². The Balaban J connectivity index is 1.30. The van der Waals surface area contributed by atoms with Gasteiger partial charge in [0, 0.05) is 30.1 Å². The summed E-state index contributed by atoms with van der Waals surface area (Å²) in [6.07, 6.45) is 11.2. The first kappa shape index (κ1) is 17.4. The Morgan fingerprint density at radius 2 is 1.38 bits per heavy atom. The van der Waals surface area contributed by atoms with Gasteiger partial charge in [0.15, 0.2) is 11.6 Å². The zero-order valence-electron chi connectivity index (χ0n) is 17.6. The van der Waals surface area contributed by atoms with Crippen LogP contribution in [0.3, 0.4) is 0 Å². The van der Waals surface area contributed by atoms with E-state index in [4.69, 9.17) is 18.9 Å². The van der Waals surface area contributed by atoms with Crippen molar-refractivity contribution in [3.63, 3.8) is 0 Å². The van der Waals surface area contributed by atoms with Crippen LogP contribution in [0.4, 0.5) is 0 Å². The van der Waals surface area contributed by atoms with Gasteiger partial charge in [-0.2, -0.15) is 0 Å². The minimum Gasteiger partial charge on any atom is -0.392 e. The average molecular weight is 403 g/mol. The number of hydrogen-bond donors (Lipinski definition) is 1. The highest BCUT2D eigenvalue weighted by Crippen LogP contribution is 3.02. The maximum Gasteiger partial charge on any atom is 0.174 e. The first-order chi connectivity index (χ1) is 14.0. The number of ether oxygens (including phenoxy) is 4. The van der Waals surface area contributed by atoms with E-state index in [-0.39, 0.29) is 28.1 Å². The molecule has 2 aliphatic heterocycles. The average Bonchev–Trinajstić information content (AvgIpc) is 3.40. The maximum absolute atomic E-state index is 11.9. The molecule has 5 heteroatoms. The SMILES string of the molecule is C[C@]12C[C@H](O)[C@]34CC[C@]35CCC3(C[C@]56CCC64[C@@H]1CCC21OCCO1)OCCO3. The monoisotopic (exact) mass is 402 g/mol. The molecule has 0 radical (unpaired) electrons. The molecule has 160 valence electrons. The fourth-order valence-electron chi connectivity index (χ4n) is 12.1. The molecule has 0 aromatic carbocycles. The smallest absolute Gasteiger partial charge is 0.174 e. The van der Waals surface area contributed by atoms with Crippen molar-refractivity contribution in [2.45, 2.75) is 88.8 Å². The third-order valence-corrected chi connectivity index (χ3v) is 12.6. The highest BCUT2D eigenvalue weighted by molar-refractivity contribution is 5.46. The van der Waals surface area contributed by atoms with Crippen LogP contribution in [0.1, 0.15) is 71.1 Å². The largest absolute Gasteiger partial charge is 0.392 e. The van der Waals surface area contributed by atoms with Crippen LogP contribution in [0.25, 0.3) is 0 Å². The molecule has 7 atom stereocenters. The molecular weight excluding hydrogens is 368 g/mol. The highest BCUT2D eigenvalue weighted by Gasteiger charge is 2.99. The maximum atomic E-state index is 11.9. The van der Waals surface area contributed by atoms with Crippen LogP contribution >= 0.6 is 0 Å². The Morgan fingerprint density at radius 1 is 0.724 bits per heavy atom. The lowest BCUT2D eigenvalue weighted by Gasteiger charge is -2.98. The van der Waals surface area contributed by atoms with Crippen molar-refractivity contribution < 1.29 is 24.1 Å². The normalized spacial score (nSPS) is 62.3. The van der Waals surface area contributed by atoms with Crippen LogP contribution < -0.4 is 0 Å². The third kappa shape index (κ3) is 1.31. The van der Waals surface area contributed by atoms with Crippen molar-refractivity contribution in [3.8, 4) is 0 Å². The van der Waals surface area contributed by atoms with Crippen molar-refractivity contribution in [1.82, 2.24) is 0 Å². The van der Waals surface area contributed by atoms with E-state index in [9.17, 15) is 5.11 Å². The van der Waals surface area contributed by atoms with Gasteiger partial charge in [0.25, 0.3) is 0 Å². The predicted octanol–water partition coefficient (Wildman–Crippen LogP) is 3.38. The highest BCUT2D eigenvalue weighted by atomic mass is 16.7. The standard InChI is InChI=1S/C24H34O5/c1-18-14-17(25)23-9-5-19(23)4-7-21(26-10-11-27-21)15-20(19)6-8-22(20,23)16(18)2-3-24(18)28-12-13-29-24/h16-17,25H,2-15H2,1H3/t16-,17+,18+,19+,20-,22?,23-/m1/s1. The Labute approximate surface area is 172 Å². The summed E-state index contributed by atoms with van der Waals surface area (Å²) < 4.78 is 25.3. The van der Waals surface area contributed by atoms with Crippen LogP contribution in [0.2, 0.25) is 0 Å². The number of aliphatic hydroxyl groups excluding tert-OH is 1. The van der Waals surface area contributed by atoms with E-state index in [1.807, 2.05) is 0 Å². The summed E-state index contributed by atoms with van der Waals surface area (Å²) in [5.74, 6) is -0.202. The van der Waals surface area contributed by atoms with Gasteiger partial charge in [-0.25, -0.2) is 0 Å². The second-order valence-corrected chi connectivity index (χ2v) is 12.1. The van der Waals surface area contributed by atoms with E-state index in [0.717, 1.165) is 38.9 Å². The zero-order valence-corrected chi connectivity index (χ0v) is 17.6. The van der Waals surface area contributed by atoms with Crippen molar-refractivity contribution in [2.75, 3.05) is 26.4 Å². The summed E-state index contributed by atoms with van der Waals surface area (Å²) in [5.41, 5.74) is 0.954. The molecule has 1 unspecified atom stereocenters. The molecule has 8 rings (SSSR count). The lowest BCUT2D eigenvalue weighted by atomic mass is 9.05. The number of fused-ring (bicyclic) bond motifs is 2. The van der Waals surface area contributed by atoms with Gasteiger partial charge in [0.2, 0.25) is 0 Å². The van der Waals surface area contributed by atoms with E-state index >= 15 is 0 Å². The zero-order chi connectivity index (χ0) is 19.4. The van der Waals surface area contributed by atoms with Gasteiger partial charge in [0.05, 0.1) is 32.5 Å². The van der Waals surface area contributed by atoms with Crippen molar-refractivity contribution in [1.29, 1.82) is 0 Å². The van der Waals surface area contributed by atoms with Crippen molar-refractivity contribution in [3.05, 3.63) is 0 Å². The van der Waals surface area contributed by atoms with Crippen LogP contribution in [-0.4, -0.2) is 49.2 Å². The molecule has 0 amide bonds. The molecule has 6 spiro atoms. The molecular formula is C24H34O5. The quantitative estimate of drug-likeness (QED) is 0.673. The molecule has 6 saturated carbocycles. The molecule has 0 aromatic heterocycles. The lowest BCUT2D eigenvalue weighted by Crippen LogP contribution is -2.95. The van der Waals surface area contributed by atoms with Crippen LogP contribution in [-0.2, 0) is 18.9 Å². The van der Waals surface area contributed by atoms with Gasteiger partial charge < -0.3 is 24.1 Å². The van der Waals surface area contributed by atoms with Crippen molar-refractivity contribution in [2.24, 2.45) is 33.0 Å². The molecule has 8 fully saturated rings. The molecule has 1 N–H and O–H groups in total. The summed E-state index contributed by atoms with van der Waals surface area (Å²) in [4.78, 5) is 0. The minimum absolute atomic E-state index is 0.0780. The molecule has 8 aliphatic rings. The van der Waals surface area contributed by atoms with Crippen molar-refractivity contribution >= 4 is 0 Å². The van der Waals surface area contributed by atoms with Gasteiger partial charge in [-0.15, -0.1) is 0 Å². The Hall–Kier alpha value is -0.200. The molecule has 2 saturated heterocycles. The van der Waals surface area contributed by atoms with Gasteiger partial charge in [-0.1, -0.05) is 6.92 Å².